The number of aryl methyl sites for hydroxylation is 1. The minimum atomic E-state index is -1.06. The average molecular weight is 848 g/mol. The summed E-state index contributed by atoms with van der Waals surface area (Å²) >= 11 is 12.5. The van der Waals surface area contributed by atoms with Crippen molar-refractivity contribution in [2.24, 2.45) is 0 Å². The zero-order valence-corrected chi connectivity index (χ0v) is 36.1. The summed E-state index contributed by atoms with van der Waals surface area (Å²) < 4.78 is 13.2. The number of halogens is 2. The Hall–Kier alpha value is -4.93. The lowest BCUT2D eigenvalue weighted by molar-refractivity contribution is -0.143. The third-order valence-electron chi connectivity index (χ3n) is 12.6. The normalized spacial score (nSPS) is 19.2. The molecule has 3 aliphatic rings. The minimum absolute atomic E-state index is 0.163. The predicted octanol–water partition coefficient (Wildman–Crippen LogP) is 9.86. The summed E-state index contributed by atoms with van der Waals surface area (Å²) in [5.74, 6) is 0.336. The van der Waals surface area contributed by atoms with Gasteiger partial charge in [0.05, 0.1) is 16.1 Å². The van der Waals surface area contributed by atoms with Gasteiger partial charge in [0.25, 0.3) is 0 Å². The van der Waals surface area contributed by atoms with Crippen molar-refractivity contribution >= 4 is 35.1 Å². The Balaban J connectivity index is 0.967. The second kappa shape index (κ2) is 18.0. The maximum absolute atomic E-state index is 14.2. The molecule has 1 aliphatic carbocycles. The first-order valence-corrected chi connectivity index (χ1v) is 21.7. The van der Waals surface area contributed by atoms with Crippen LogP contribution in [-0.2, 0) is 35.5 Å². The van der Waals surface area contributed by atoms with Gasteiger partial charge in [-0.3, -0.25) is 19.6 Å². The molecule has 0 saturated heterocycles. The molecule has 0 unspecified atom stereocenters. The number of hydrogen-bond donors (Lipinski definition) is 2. The van der Waals surface area contributed by atoms with E-state index in [1.54, 1.807) is 12.3 Å². The molecule has 0 radical (unpaired) electrons. The van der Waals surface area contributed by atoms with Gasteiger partial charge in [0.2, 0.25) is 5.91 Å². The van der Waals surface area contributed by atoms with Gasteiger partial charge >= 0.3 is 5.97 Å². The molecule has 0 bridgehead atoms. The molecule has 1 saturated carbocycles. The van der Waals surface area contributed by atoms with Crippen LogP contribution in [0.5, 0.6) is 11.5 Å². The number of pyridine rings is 1. The molecule has 4 aromatic carbocycles. The van der Waals surface area contributed by atoms with Crippen LogP contribution in [0.4, 0.5) is 0 Å². The third kappa shape index (κ3) is 9.05. The molecule has 9 nitrogen and oxygen atoms in total. The van der Waals surface area contributed by atoms with Crippen LogP contribution in [0.3, 0.4) is 0 Å². The van der Waals surface area contributed by atoms with E-state index in [0.29, 0.717) is 36.1 Å². The molecule has 2 aliphatic heterocycles. The fourth-order valence-corrected chi connectivity index (χ4v) is 9.08. The van der Waals surface area contributed by atoms with Gasteiger partial charge in [0.1, 0.15) is 29.7 Å². The Labute approximate surface area is 362 Å². The molecular formula is C49H52Cl2N4O5. The lowest BCUT2D eigenvalue weighted by Gasteiger charge is -2.45. The van der Waals surface area contributed by atoms with Gasteiger partial charge in [0.15, 0.2) is 0 Å². The van der Waals surface area contributed by atoms with E-state index in [-0.39, 0.29) is 30.6 Å². The van der Waals surface area contributed by atoms with Crippen LogP contribution in [0.25, 0.3) is 11.1 Å². The number of carbonyl (C=O) groups is 2. The summed E-state index contributed by atoms with van der Waals surface area (Å²) in [6, 6.07) is 26.8. The van der Waals surface area contributed by atoms with E-state index in [9.17, 15) is 14.7 Å². The molecule has 3 heterocycles. The quantitative estimate of drug-likeness (QED) is 0.128. The highest BCUT2D eigenvalue weighted by molar-refractivity contribution is 6.42. The number of aromatic nitrogens is 1. The summed E-state index contributed by atoms with van der Waals surface area (Å²) in [5, 5.41) is 14.3. The zero-order chi connectivity index (χ0) is 42.1. The molecular weight excluding hydrogens is 795 g/mol. The first kappa shape index (κ1) is 41.8. The van der Waals surface area contributed by atoms with Crippen molar-refractivity contribution in [1.82, 2.24) is 20.1 Å². The molecule has 1 aromatic heterocycles. The zero-order valence-electron chi connectivity index (χ0n) is 34.6. The summed E-state index contributed by atoms with van der Waals surface area (Å²) in [5.41, 5.74) is 10.4. The lowest BCUT2D eigenvalue weighted by Crippen LogP contribution is -2.58. The highest BCUT2D eigenvalue weighted by Gasteiger charge is 2.40. The smallest absolute Gasteiger partial charge is 0.326 e. The van der Waals surface area contributed by atoms with Crippen LogP contribution < -0.4 is 14.8 Å². The highest BCUT2D eigenvalue weighted by Crippen LogP contribution is 2.39. The van der Waals surface area contributed by atoms with Gasteiger partial charge in [0, 0.05) is 49.6 Å². The van der Waals surface area contributed by atoms with Crippen molar-refractivity contribution in [2.75, 3.05) is 13.6 Å². The number of benzene rings is 4. The maximum atomic E-state index is 14.2. The number of rotatable bonds is 12. The lowest BCUT2D eigenvalue weighted by atomic mass is 9.84. The van der Waals surface area contributed by atoms with Crippen molar-refractivity contribution in [3.8, 4) is 22.6 Å². The molecule has 0 spiro atoms. The number of nitrogens with one attached hydrogen (secondary N) is 1. The van der Waals surface area contributed by atoms with E-state index in [1.165, 1.54) is 0 Å². The van der Waals surface area contributed by atoms with Crippen LogP contribution >= 0.6 is 23.2 Å². The Bertz CT molecular complexity index is 2370. The number of carboxylic acid groups (broad SMARTS) is 1. The molecule has 312 valence electrons. The Morgan fingerprint density at radius 2 is 1.70 bits per heavy atom. The van der Waals surface area contributed by atoms with Crippen LogP contribution in [-0.4, -0.2) is 63.5 Å². The van der Waals surface area contributed by atoms with Gasteiger partial charge in [-0.25, -0.2) is 4.79 Å². The molecule has 60 heavy (non-hydrogen) atoms. The van der Waals surface area contributed by atoms with Gasteiger partial charge in [-0.2, -0.15) is 0 Å². The Kier molecular flexibility index (Phi) is 12.5. The largest absolute Gasteiger partial charge is 0.486 e. The molecule has 8 rings (SSSR count). The number of nitrogens with zero attached hydrogens (tertiary/aromatic N) is 3. The third-order valence-corrected chi connectivity index (χ3v) is 13.3. The SMILES string of the molecule is CC[C@@H](Oc1ccc([C@H]2CN(C)Cc3cc4c(cc3O2)CN(C2CCC2)[C@H](C(=O)N[C@@H](Cc2ccc(-c3ccnc(C)c3C)cc2)C(=O)O)C4)cc1)c1ccc(Cl)c(Cl)c1. The fraction of sp³-hybridized carbons (Fsp3) is 0.367. The number of fused-ring (bicyclic) bond motifs is 2. The molecule has 1 amide bonds. The average Bonchev–Trinajstić information content (AvgIpc) is 3.37. The molecule has 1 fully saturated rings. The first-order valence-electron chi connectivity index (χ1n) is 21.0. The highest BCUT2D eigenvalue weighted by atomic mass is 35.5. The van der Waals surface area contributed by atoms with Gasteiger partial charge in [-0.15, -0.1) is 0 Å². The number of amides is 1. The van der Waals surface area contributed by atoms with Crippen LogP contribution in [0.1, 0.15) is 89.5 Å². The second-order valence-electron chi connectivity index (χ2n) is 16.6. The summed E-state index contributed by atoms with van der Waals surface area (Å²) in [4.78, 5) is 35.7. The second-order valence-corrected chi connectivity index (χ2v) is 17.4. The van der Waals surface area contributed by atoms with E-state index in [4.69, 9.17) is 32.7 Å². The van der Waals surface area contributed by atoms with Crippen molar-refractivity contribution in [2.45, 2.75) is 103 Å². The number of ether oxygens (including phenoxy) is 2. The summed E-state index contributed by atoms with van der Waals surface area (Å²) in [7, 11) is 2.10. The van der Waals surface area contributed by atoms with Crippen molar-refractivity contribution in [3.63, 3.8) is 0 Å². The van der Waals surface area contributed by atoms with Crippen molar-refractivity contribution < 1.29 is 24.2 Å². The Morgan fingerprint density at radius 3 is 2.38 bits per heavy atom. The number of aliphatic carboxylic acids is 1. The van der Waals surface area contributed by atoms with Gasteiger partial charge < -0.3 is 19.9 Å². The molecule has 5 aromatic rings. The summed E-state index contributed by atoms with van der Waals surface area (Å²) in [6.45, 7) is 8.12. The molecule has 11 heteroatoms. The topological polar surface area (TPSA) is 104 Å². The van der Waals surface area contributed by atoms with Gasteiger partial charge in [-0.1, -0.05) is 85.1 Å². The van der Waals surface area contributed by atoms with Crippen LogP contribution in [0.15, 0.2) is 91.1 Å². The number of likely N-dealkylation sites (N-methyl/N-ethyl adjacent to an activating group) is 1. The van der Waals surface area contributed by atoms with E-state index in [1.807, 2.05) is 61.5 Å². The standard InChI is InChI=1S/C49H52Cl2N4O5/c1-5-45(34-15-18-41(50)42(51)23-34)59-39-16-13-33(14-17-39)47-28-54(4)26-37-22-35-24-44(55(38-7-6-8-38)27-36(35)25-46(37)60-47)48(56)53-43(49(57)58)21-31-9-11-32(12-10-31)40-19-20-52-30(3)29(40)2/h9-20,22-23,25,38,43-45,47H,5-8,21,24,26-28H2,1-4H3,(H,53,56)(H,57,58)/t43-,44-,45+,47+/m0/s1. The molecule has 2 N–H and O–H groups in total. The fourth-order valence-electron chi connectivity index (χ4n) is 8.77. The van der Waals surface area contributed by atoms with E-state index < -0.39 is 18.1 Å². The first-order chi connectivity index (χ1) is 28.9. The number of carboxylic acids is 1. The number of hydrogen-bond acceptors (Lipinski definition) is 7. The van der Waals surface area contributed by atoms with Crippen LogP contribution in [0, 0.1) is 13.8 Å². The monoisotopic (exact) mass is 846 g/mol. The molecule has 4 atom stereocenters. The number of carbonyl (C=O) groups excluding carboxylic acids is 1. The van der Waals surface area contributed by atoms with Gasteiger partial charge in [-0.05, 0) is 127 Å². The van der Waals surface area contributed by atoms with E-state index in [0.717, 1.165) is 92.9 Å². The van der Waals surface area contributed by atoms with E-state index in [2.05, 4.69) is 65.3 Å². The van der Waals surface area contributed by atoms with Crippen molar-refractivity contribution in [1.29, 1.82) is 0 Å². The van der Waals surface area contributed by atoms with Crippen molar-refractivity contribution in [3.05, 3.63) is 146 Å². The summed E-state index contributed by atoms with van der Waals surface area (Å²) in [6.07, 6.45) is 6.07. The van der Waals surface area contributed by atoms with E-state index >= 15 is 0 Å². The maximum Gasteiger partial charge on any atom is 0.326 e. The minimum Gasteiger partial charge on any atom is -0.486 e. The Morgan fingerprint density at radius 1 is 0.933 bits per heavy atom. The predicted molar refractivity (Wildman–Crippen MR) is 236 cm³/mol. The van der Waals surface area contributed by atoms with Crippen LogP contribution in [0.2, 0.25) is 10.0 Å².